The fourth-order valence-corrected chi connectivity index (χ4v) is 1.62. The Morgan fingerprint density at radius 2 is 2.31 bits per heavy atom. The summed E-state index contributed by atoms with van der Waals surface area (Å²) in [5, 5.41) is 1.78. The molecule has 1 rings (SSSR count). The molecular weight excluding hydrogens is 228 g/mol. The van der Waals surface area contributed by atoms with E-state index in [1.807, 2.05) is 13.3 Å². The summed E-state index contributed by atoms with van der Waals surface area (Å²) in [4.78, 5) is 17.4. The Bertz CT molecular complexity index is 296. The smallest absolute Gasteiger partial charge is 0.249 e. The van der Waals surface area contributed by atoms with Gasteiger partial charge in [0.05, 0.1) is 6.67 Å². The Hall–Kier alpha value is -0.830. The number of hydrazine groups is 1. The highest BCUT2D eigenvalue weighted by atomic mass is 32.2. The van der Waals surface area contributed by atoms with Gasteiger partial charge in [0, 0.05) is 14.1 Å². The Morgan fingerprint density at radius 1 is 1.69 bits per heavy atom. The summed E-state index contributed by atoms with van der Waals surface area (Å²) in [5.41, 5.74) is 13.9. The van der Waals surface area contributed by atoms with E-state index in [1.54, 1.807) is 17.0 Å². The minimum Gasteiger partial charge on any atom is -0.386 e. The molecule has 0 radical (unpaired) electrons. The van der Waals surface area contributed by atoms with Crippen molar-refractivity contribution in [3.8, 4) is 0 Å². The van der Waals surface area contributed by atoms with Gasteiger partial charge in [-0.3, -0.25) is 4.79 Å². The Morgan fingerprint density at radius 3 is 2.88 bits per heavy atom. The topological polar surface area (TPSA) is 100.0 Å². The minimum atomic E-state index is -0.623. The monoisotopic (exact) mass is 246 g/mol. The van der Waals surface area contributed by atoms with Gasteiger partial charge in [0.2, 0.25) is 5.91 Å². The SMILES string of the molecule is CSC(N)N=C(N)[C@@H]1NN(C)CN(C)C1=O. The van der Waals surface area contributed by atoms with Crippen LogP contribution in [0.2, 0.25) is 0 Å². The van der Waals surface area contributed by atoms with Crippen LogP contribution >= 0.6 is 11.8 Å². The molecule has 1 aliphatic heterocycles. The summed E-state index contributed by atoms with van der Waals surface area (Å²) in [6, 6.07) is -0.623. The summed E-state index contributed by atoms with van der Waals surface area (Å²) in [6.07, 6.45) is 1.83. The van der Waals surface area contributed by atoms with E-state index in [2.05, 4.69) is 10.4 Å². The number of nitrogens with two attached hydrogens (primary N) is 2. The van der Waals surface area contributed by atoms with Gasteiger partial charge in [0.15, 0.2) is 6.04 Å². The van der Waals surface area contributed by atoms with Crippen molar-refractivity contribution in [2.24, 2.45) is 16.5 Å². The van der Waals surface area contributed by atoms with Gasteiger partial charge in [-0.05, 0) is 6.26 Å². The first-order valence-corrected chi connectivity index (χ1v) is 6.08. The summed E-state index contributed by atoms with van der Waals surface area (Å²) >= 11 is 1.36. The van der Waals surface area contributed by atoms with Crippen LogP contribution in [0.3, 0.4) is 0 Å². The van der Waals surface area contributed by atoms with Crippen LogP contribution in [0.1, 0.15) is 0 Å². The van der Waals surface area contributed by atoms with E-state index in [0.717, 1.165) is 0 Å². The number of likely N-dealkylation sites (N-methyl/N-ethyl adjacent to an activating group) is 1. The fraction of sp³-hybridized carbons (Fsp3) is 0.750. The number of thioether (sulfide) groups is 1. The molecule has 16 heavy (non-hydrogen) atoms. The largest absolute Gasteiger partial charge is 0.386 e. The van der Waals surface area contributed by atoms with Crippen molar-refractivity contribution in [3.63, 3.8) is 0 Å². The molecule has 1 amide bonds. The molecule has 0 aromatic rings. The van der Waals surface area contributed by atoms with E-state index in [0.29, 0.717) is 6.67 Å². The Kier molecular flexibility index (Phi) is 4.54. The molecule has 5 N–H and O–H groups in total. The minimum absolute atomic E-state index is 0.104. The fourth-order valence-electron chi connectivity index (χ4n) is 1.39. The van der Waals surface area contributed by atoms with Crippen LogP contribution in [0.4, 0.5) is 0 Å². The van der Waals surface area contributed by atoms with Gasteiger partial charge in [0.25, 0.3) is 0 Å². The molecule has 0 saturated carbocycles. The summed E-state index contributed by atoms with van der Waals surface area (Å²) < 4.78 is 0. The molecule has 1 saturated heterocycles. The van der Waals surface area contributed by atoms with Crippen molar-refractivity contribution in [2.75, 3.05) is 27.0 Å². The van der Waals surface area contributed by atoms with Crippen LogP contribution in [0, 0.1) is 0 Å². The third kappa shape index (κ3) is 3.08. The van der Waals surface area contributed by atoms with E-state index in [-0.39, 0.29) is 11.7 Å². The predicted molar refractivity (Wildman–Crippen MR) is 65.4 cm³/mol. The lowest BCUT2D eigenvalue weighted by molar-refractivity contribution is -0.139. The first kappa shape index (κ1) is 13.2. The highest BCUT2D eigenvalue weighted by molar-refractivity contribution is 7.99. The normalized spacial score (nSPS) is 26.0. The maximum atomic E-state index is 11.8. The zero-order chi connectivity index (χ0) is 12.3. The summed E-state index contributed by atoms with van der Waals surface area (Å²) in [5.74, 6) is 0.109. The second-order valence-corrected chi connectivity index (χ2v) is 4.57. The molecule has 1 unspecified atom stereocenters. The number of carbonyl (C=O) groups excluding carboxylic acids is 1. The lowest BCUT2D eigenvalue weighted by atomic mass is 10.2. The molecule has 2 atom stereocenters. The first-order valence-electron chi connectivity index (χ1n) is 4.79. The average Bonchev–Trinajstić information content (AvgIpc) is 2.22. The van der Waals surface area contributed by atoms with E-state index in [4.69, 9.17) is 11.5 Å². The van der Waals surface area contributed by atoms with Crippen LogP contribution in [-0.2, 0) is 4.79 Å². The Labute approximate surface area is 99.2 Å². The third-order valence-corrected chi connectivity index (χ3v) is 2.80. The maximum Gasteiger partial charge on any atom is 0.249 e. The summed E-state index contributed by atoms with van der Waals surface area (Å²) in [7, 11) is 3.55. The summed E-state index contributed by atoms with van der Waals surface area (Å²) in [6.45, 7) is 0.511. The Balaban J connectivity index is 2.77. The van der Waals surface area contributed by atoms with Crippen LogP contribution in [0.5, 0.6) is 0 Å². The van der Waals surface area contributed by atoms with Crippen LogP contribution < -0.4 is 16.9 Å². The van der Waals surface area contributed by atoms with Gasteiger partial charge < -0.3 is 16.4 Å². The quantitative estimate of drug-likeness (QED) is 0.308. The van der Waals surface area contributed by atoms with E-state index >= 15 is 0 Å². The molecular formula is C8H18N6OS. The van der Waals surface area contributed by atoms with E-state index in [1.165, 1.54) is 11.8 Å². The molecule has 0 aromatic carbocycles. The molecule has 1 heterocycles. The number of rotatable bonds is 3. The molecule has 0 spiro atoms. The van der Waals surface area contributed by atoms with Crippen LogP contribution in [0.25, 0.3) is 0 Å². The lowest BCUT2D eigenvalue weighted by Gasteiger charge is -2.36. The molecule has 1 fully saturated rings. The molecule has 0 bridgehead atoms. The van der Waals surface area contributed by atoms with Crippen LogP contribution in [-0.4, -0.2) is 60.2 Å². The molecule has 92 valence electrons. The van der Waals surface area contributed by atoms with E-state index in [9.17, 15) is 4.79 Å². The van der Waals surface area contributed by atoms with Gasteiger partial charge in [-0.2, -0.15) is 0 Å². The number of hydrogen-bond donors (Lipinski definition) is 3. The van der Waals surface area contributed by atoms with Crippen molar-refractivity contribution in [1.82, 2.24) is 15.3 Å². The zero-order valence-corrected chi connectivity index (χ0v) is 10.5. The van der Waals surface area contributed by atoms with Gasteiger partial charge in [-0.1, -0.05) is 0 Å². The lowest BCUT2D eigenvalue weighted by Crippen LogP contribution is -2.64. The van der Waals surface area contributed by atoms with Crippen molar-refractivity contribution in [3.05, 3.63) is 0 Å². The van der Waals surface area contributed by atoms with Gasteiger partial charge in [0.1, 0.15) is 11.3 Å². The standard InChI is InChI=1S/C8H18N6OS/c1-13-4-14(2)12-5(7(13)15)6(9)11-8(10)16-3/h5,8,12H,4,10H2,1-3H3,(H2,9,11)/t5-,8?/m0/s1. The molecule has 1 aliphatic rings. The number of carbonyl (C=O) groups is 1. The van der Waals surface area contributed by atoms with Gasteiger partial charge in [-0.15, -0.1) is 11.8 Å². The first-order chi connectivity index (χ1) is 7.45. The second kappa shape index (κ2) is 5.48. The van der Waals surface area contributed by atoms with Crippen molar-refractivity contribution >= 4 is 23.5 Å². The number of amides is 1. The number of amidine groups is 1. The highest BCUT2D eigenvalue weighted by Crippen LogP contribution is 2.05. The average molecular weight is 246 g/mol. The van der Waals surface area contributed by atoms with Crippen molar-refractivity contribution in [1.29, 1.82) is 0 Å². The van der Waals surface area contributed by atoms with Gasteiger partial charge in [-0.25, -0.2) is 15.4 Å². The molecule has 0 aromatic heterocycles. The number of nitrogens with one attached hydrogen (secondary N) is 1. The second-order valence-electron chi connectivity index (χ2n) is 3.62. The number of aliphatic imine (C=N–C) groups is 1. The van der Waals surface area contributed by atoms with Gasteiger partial charge >= 0.3 is 0 Å². The maximum absolute atomic E-state index is 11.8. The number of nitrogens with zero attached hydrogens (tertiary/aromatic N) is 3. The van der Waals surface area contributed by atoms with E-state index < -0.39 is 11.5 Å². The van der Waals surface area contributed by atoms with Crippen molar-refractivity contribution < 1.29 is 4.79 Å². The zero-order valence-electron chi connectivity index (χ0n) is 9.67. The molecule has 7 nitrogen and oxygen atoms in total. The third-order valence-electron chi connectivity index (χ3n) is 2.21. The van der Waals surface area contributed by atoms with Crippen molar-refractivity contribution in [2.45, 2.75) is 11.5 Å². The molecule has 0 aliphatic carbocycles. The number of hydrogen-bond acceptors (Lipinski definition) is 6. The molecule has 8 heteroatoms. The predicted octanol–water partition coefficient (Wildman–Crippen LogP) is -1.82. The highest BCUT2D eigenvalue weighted by Gasteiger charge is 2.31. The van der Waals surface area contributed by atoms with Crippen LogP contribution in [0.15, 0.2) is 4.99 Å².